The van der Waals surface area contributed by atoms with Crippen molar-refractivity contribution < 1.29 is 14.6 Å². The van der Waals surface area contributed by atoms with E-state index in [2.05, 4.69) is 0 Å². The summed E-state index contributed by atoms with van der Waals surface area (Å²) in [5.41, 5.74) is 9.06. The van der Waals surface area contributed by atoms with Crippen LogP contribution in [0.1, 0.15) is 37.5 Å². The second kappa shape index (κ2) is 4.30. The van der Waals surface area contributed by atoms with Gasteiger partial charge < -0.3 is 20.3 Å². The Labute approximate surface area is 113 Å². The number of aromatic hydroxyl groups is 1. The Morgan fingerprint density at radius 3 is 2.37 bits per heavy atom. The lowest BCUT2D eigenvalue weighted by Gasteiger charge is -2.16. The lowest BCUT2D eigenvalue weighted by Crippen LogP contribution is -2.19. The number of ether oxygens (including phenoxy) is 2. The van der Waals surface area contributed by atoms with Crippen molar-refractivity contribution >= 4 is 0 Å². The monoisotopic (exact) mass is 263 g/mol. The fourth-order valence-corrected chi connectivity index (χ4v) is 3.12. The van der Waals surface area contributed by atoms with Gasteiger partial charge in [-0.3, -0.25) is 0 Å². The molecule has 1 aromatic carbocycles. The summed E-state index contributed by atoms with van der Waals surface area (Å²) in [5.74, 6) is 1.77. The highest BCUT2D eigenvalue weighted by Crippen LogP contribution is 2.50. The molecule has 0 spiro atoms. The zero-order chi connectivity index (χ0) is 13.7. The van der Waals surface area contributed by atoms with Gasteiger partial charge in [0.25, 0.3) is 0 Å². The minimum Gasteiger partial charge on any atom is -0.504 e. The van der Waals surface area contributed by atoms with Crippen molar-refractivity contribution in [1.82, 2.24) is 0 Å². The molecule has 4 heteroatoms. The second-order valence-electron chi connectivity index (χ2n) is 5.89. The molecule has 104 valence electrons. The molecule has 0 bridgehead atoms. The number of nitrogens with two attached hydrogens (primary N) is 1. The molecule has 2 aliphatic heterocycles. The van der Waals surface area contributed by atoms with Gasteiger partial charge in [-0.1, -0.05) is 0 Å². The zero-order valence-electron chi connectivity index (χ0n) is 11.7. The highest BCUT2D eigenvalue weighted by atomic mass is 16.5. The molecule has 0 saturated carbocycles. The highest BCUT2D eigenvalue weighted by molar-refractivity contribution is 5.65. The molecule has 3 atom stereocenters. The minimum absolute atomic E-state index is 0.0631. The van der Waals surface area contributed by atoms with Crippen molar-refractivity contribution in [2.45, 2.75) is 58.3 Å². The van der Waals surface area contributed by atoms with Crippen LogP contribution in [-0.4, -0.2) is 23.4 Å². The predicted molar refractivity (Wildman–Crippen MR) is 73.0 cm³/mol. The summed E-state index contributed by atoms with van der Waals surface area (Å²) in [6.45, 7) is 6.02. The Bertz CT molecular complexity index is 486. The third kappa shape index (κ3) is 1.94. The molecule has 3 N–H and O–H groups in total. The van der Waals surface area contributed by atoms with Gasteiger partial charge in [-0.15, -0.1) is 0 Å². The fourth-order valence-electron chi connectivity index (χ4n) is 3.12. The number of benzene rings is 1. The Hall–Kier alpha value is -1.42. The van der Waals surface area contributed by atoms with E-state index in [4.69, 9.17) is 15.2 Å². The molecule has 2 heterocycles. The van der Waals surface area contributed by atoms with Crippen molar-refractivity contribution in [3.63, 3.8) is 0 Å². The Balaban J connectivity index is 2.17. The third-order valence-corrected chi connectivity index (χ3v) is 3.83. The van der Waals surface area contributed by atoms with E-state index in [1.54, 1.807) is 0 Å². The molecule has 0 fully saturated rings. The number of rotatable bonds is 2. The van der Waals surface area contributed by atoms with Crippen LogP contribution in [0.2, 0.25) is 0 Å². The maximum atomic E-state index is 10.4. The zero-order valence-corrected chi connectivity index (χ0v) is 11.7. The van der Waals surface area contributed by atoms with E-state index in [0.717, 1.165) is 41.7 Å². The summed E-state index contributed by atoms with van der Waals surface area (Å²) in [4.78, 5) is 0. The van der Waals surface area contributed by atoms with E-state index in [1.165, 1.54) is 0 Å². The third-order valence-electron chi connectivity index (χ3n) is 3.83. The number of hydrogen-bond acceptors (Lipinski definition) is 4. The van der Waals surface area contributed by atoms with Gasteiger partial charge in [-0.05, 0) is 27.2 Å². The predicted octanol–water partition coefficient (Wildman–Crippen LogP) is 1.93. The Morgan fingerprint density at radius 1 is 1.16 bits per heavy atom. The lowest BCUT2D eigenvalue weighted by atomic mass is 9.93. The Kier molecular flexibility index (Phi) is 2.86. The van der Waals surface area contributed by atoms with Crippen molar-refractivity contribution in [3.05, 3.63) is 16.7 Å². The molecule has 0 radical (unpaired) electrons. The largest absolute Gasteiger partial charge is 0.504 e. The summed E-state index contributed by atoms with van der Waals surface area (Å²) in [6, 6.07) is 0.0631. The standard InChI is InChI=1S/C15H21NO3/c1-7(16)4-10-11-5-8(2)19-15(11)13(17)12-6-9(3)18-14(10)12/h7-9,17H,4-6,16H2,1-3H3. The van der Waals surface area contributed by atoms with Gasteiger partial charge in [-0.25, -0.2) is 0 Å². The maximum Gasteiger partial charge on any atom is 0.165 e. The molecule has 4 nitrogen and oxygen atoms in total. The lowest BCUT2D eigenvalue weighted by molar-refractivity contribution is 0.244. The number of phenolic OH excluding ortho intramolecular Hbond substituents is 1. The SMILES string of the molecule is CC(N)Cc1c2c(c(O)c3c1OC(C)C3)OC(C)C2. The van der Waals surface area contributed by atoms with E-state index in [1.807, 2.05) is 20.8 Å². The molecule has 2 aliphatic rings. The van der Waals surface area contributed by atoms with Crippen LogP contribution >= 0.6 is 0 Å². The maximum absolute atomic E-state index is 10.4. The molecule has 0 aliphatic carbocycles. The molecule has 1 aromatic rings. The van der Waals surface area contributed by atoms with Crippen LogP contribution in [0.4, 0.5) is 0 Å². The fraction of sp³-hybridized carbons (Fsp3) is 0.600. The van der Waals surface area contributed by atoms with E-state index >= 15 is 0 Å². The van der Waals surface area contributed by atoms with Crippen LogP contribution in [0.5, 0.6) is 17.2 Å². The molecular weight excluding hydrogens is 242 g/mol. The molecule has 3 rings (SSSR count). The first-order valence-electron chi connectivity index (χ1n) is 6.95. The number of fused-ring (bicyclic) bond motifs is 2. The molecule has 0 aromatic heterocycles. The van der Waals surface area contributed by atoms with Crippen LogP contribution in [-0.2, 0) is 19.3 Å². The Morgan fingerprint density at radius 2 is 1.74 bits per heavy atom. The van der Waals surface area contributed by atoms with Crippen LogP contribution in [0.25, 0.3) is 0 Å². The van der Waals surface area contributed by atoms with E-state index in [0.29, 0.717) is 5.75 Å². The number of phenols is 1. The normalized spacial score (nSPS) is 25.5. The van der Waals surface area contributed by atoms with Crippen molar-refractivity contribution in [3.8, 4) is 17.2 Å². The van der Waals surface area contributed by atoms with E-state index < -0.39 is 0 Å². The molecule has 0 amide bonds. The summed E-state index contributed by atoms with van der Waals surface area (Å²) in [6.07, 6.45) is 2.52. The van der Waals surface area contributed by atoms with E-state index in [-0.39, 0.29) is 24.0 Å². The first-order chi connectivity index (χ1) is 8.97. The van der Waals surface area contributed by atoms with Crippen LogP contribution < -0.4 is 15.2 Å². The smallest absolute Gasteiger partial charge is 0.165 e. The van der Waals surface area contributed by atoms with Crippen molar-refractivity contribution in [1.29, 1.82) is 0 Å². The van der Waals surface area contributed by atoms with Crippen LogP contribution in [0, 0.1) is 0 Å². The number of hydrogen-bond donors (Lipinski definition) is 2. The van der Waals surface area contributed by atoms with Gasteiger partial charge in [-0.2, -0.15) is 0 Å². The van der Waals surface area contributed by atoms with Gasteiger partial charge >= 0.3 is 0 Å². The molecule has 0 saturated heterocycles. The second-order valence-corrected chi connectivity index (χ2v) is 5.89. The van der Waals surface area contributed by atoms with Gasteiger partial charge in [0.05, 0.1) is 0 Å². The van der Waals surface area contributed by atoms with Gasteiger partial charge in [0.1, 0.15) is 18.0 Å². The first kappa shape index (κ1) is 12.6. The first-order valence-corrected chi connectivity index (χ1v) is 6.95. The summed E-state index contributed by atoms with van der Waals surface area (Å²) >= 11 is 0. The average Bonchev–Trinajstić information content (AvgIpc) is 2.87. The van der Waals surface area contributed by atoms with Gasteiger partial charge in [0, 0.05) is 35.6 Å². The van der Waals surface area contributed by atoms with Crippen molar-refractivity contribution in [2.24, 2.45) is 5.73 Å². The topological polar surface area (TPSA) is 64.7 Å². The van der Waals surface area contributed by atoms with Gasteiger partial charge in [0.2, 0.25) is 0 Å². The van der Waals surface area contributed by atoms with E-state index in [9.17, 15) is 5.11 Å². The quantitative estimate of drug-likeness (QED) is 0.855. The average molecular weight is 263 g/mol. The molecular formula is C15H21NO3. The summed E-state index contributed by atoms with van der Waals surface area (Å²) in [5, 5.41) is 10.4. The molecule has 3 unspecified atom stereocenters. The highest BCUT2D eigenvalue weighted by Gasteiger charge is 2.35. The summed E-state index contributed by atoms with van der Waals surface area (Å²) < 4.78 is 11.7. The minimum atomic E-state index is 0.0631. The van der Waals surface area contributed by atoms with Crippen LogP contribution in [0.15, 0.2) is 0 Å². The van der Waals surface area contributed by atoms with Crippen LogP contribution in [0.3, 0.4) is 0 Å². The summed E-state index contributed by atoms with van der Waals surface area (Å²) in [7, 11) is 0. The van der Waals surface area contributed by atoms with Gasteiger partial charge in [0.15, 0.2) is 11.5 Å². The molecule has 19 heavy (non-hydrogen) atoms. The van der Waals surface area contributed by atoms with Crippen molar-refractivity contribution in [2.75, 3.05) is 0 Å².